The van der Waals surface area contributed by atoms with E-state index in [1.54, 1.807) is 0 Å². The summed E-state index contributed by atoms with van der Waals surface area (Å²) < 4.78 is 4.64. The Bertz CT molecular complexity index is 170. The predicted molar refractivity (Wildman–Crippen MR) is 45.9 cm³/mol. The molecule has 4 nitrogen and oxygen atoms in total. The monoisotopic (exact) mass is 172 g/mol. The van der Waals surface area contributed by atoms with Crippen molar-refractivity contribution in [2.24, 2.45) is 0 Å². The molecule has 0 radical (unpaired) electrons. The highest BCUT2D eigenvalue weighted by Gasteiger charge is 2.30. The predicted octanol–water partition coefficient (Wildman–Crippen LogP) is -0.548. The Morgan fingerprint density at radius 2 is 2.25 bits per heavy atom. The Morgan fingerprint density at radius 3 is 2.67 bits per heavy atom. The van der Waals surface area contributed by atoms with Crippen LogP contribution in [0.3, 0.4) is 0 Å². The number of ether oxygens (including phenoxy) is 1. The molecule has 1 aliphatic rings. The smallest absolute Gasteiger partial charge is 0.322 e. The summed E-state index contributed by atoms with van der Waals surface area (Å²) in [5, 5.41) is 3.12. The van der Waals surface area contributed by atoms with E-state index in [1.165, 1.54) is 7.11 Å². The average Bonchev–Trinajstić information content (AvgIpc) is 2.51. The number of nitrogens with one attached hydrogen (secondary N) is 1. The SMILES string of the molecule is COC(=O)C1CC(N(C)C)CN1. The Kier molecular flexibility index (Phi) is 3.05. The summed E-state index contributed by atoms with van der Waals surface area (Å²) >= 11 is 0. The molecule has 12 heavy (non-hydrogen) atoms. The second-order valence-corrected chi connectivity index (χ2v) is 3.34. The van der Waals surface area contributed by atoms with Crippen LogP contribution < -0.4 is 5.32 Å². The number of carbonyl (C=O) groups excluding carboxylic acids is 1. The Morgan fingerprint density at radius 1 is 1.58 bits per heavy atom. The molecule has 0 bridgehead atoms. The van der Waals surface area contributed by atoms with Gasteiger partial charge < -0.3 is 15.0 Å². The molecule has 1 saturated heterocycles. The van der Waals surface area contributed by atoms with E-state index in [-0.39, 0.29) is 12.0 Å². The summed E-state index contributed by atoms with van der Waals surface area (Å²) in [6.45, 7) is 0.868. The number of nitrogens with zero attached hydrogens (tertiary/aromatic N) is 1. The van der Waals surface area contributed by atoms with E-state index >= 15 is 0 Å². The van der Waals surface area contributed by atoms with Crippen LogP contribution in [0.1, 0.15) is 6.42 Å². The molecule has 1 N–H and O–H groups in total. The minimum absolute atomic E-state index is 0.109. The molecular weight excluding hydrogens is 156 g/mol. The summed E-state index contributed by atoms with van der Waals surface area (Å²) in [4.78, 5) is 13.2. The Balaban J connectivity index is 2.40. The van der Waals surface area contributed by atoms with Gasteiger partial charge in [0.05, 0.1) is 7.11 Å². The molecule has 1 aliphatic heterocycles. The lowest BCUT2D eigenvalue weighted by Crippen LogP contribution is -2.31. The van der Waals surface area contributed by atoms with Gasteiger partial charge in [-0.15, -0.1) is 0 Å². The molecule has 0 aromatic carbocycles. The van der Waals surface area contributed by atoms with Crippen LogP contribution in [0.4, 0.5) is 0 Å². The maximum atomic E-state index is 11.1. The van der Waals surface area contributed by atoms with Gasteiger partial charge in [-0.05, 0) is 20.5 Å². The summed E-state index contributed by atoms with van der Waals surface area (Å²) in [5.41, 5.74) is 0. The average molecular weight is 172 g/mol. The third-order valence-corrected chi connectivity index (χ3v) is 2.32. The normalized spacial score (nSPS) is 29.3. The van der Waals surface area contributed by atoms with Gasteiger partial charge in [-0.3, -0.25) is 4.79 Å². The molecule has 0 aromatic heterocycles. The van der Waals surface area contributed by atoms with E-state index in [1.807, 2.05) is 14.1 Å². The standard InChI is InChI=1S/C8H16N2O2/c1-10(2)6-4-7(9-5-6)8(11)12-3/h6-7,9H,4-5H2,1-3H3. The molecule has 1 rings (SSSR count). The summed E-state index contributed by atoms with van der Waals surface area (Å²) in [7, 11) is 5.46. The Labute approximate surface area is 72.9 Å². The van der Waals surface area contributed by atoms with E-state index in [0.29, 0.717) is 6.04 Å². The van der Waals surface area contributed by atoms with Crippen LogP contribution in [0.15, 0.2) is 0 Å². The molecule has 70 valence electrons. The van der Waals surface area contributed by atoms with Crippen molar-refractivity contribution in [2.75, 3.05) is 27.7 Å². The fourth-order valence-corrected chi connectivity index (χ4v) is 1.43. The minimum Gasteiger partial charge on any atom is -0.468 e. The molecule has 0 aromatic rings. The van der Waals surface area contributed by atoms with Gasteiger partial charge in [-0.2, -0.15) is 0 Å². The highest BCUT2D eigenvalue weighted by Crippen LogP contribution is 2.11. The van der Waals surface area contributed by atoms with Crippen molar-refractivity contribution in [3.63, 3.8) is 0 Å². The largest absolute Gasteiger partial charge is 0.468 e. The minimum atomic E-state index is -0.153. The maximum absolute atomic E-state index is 11.1. The second kappa shape index (κ2) is 3.87. The number of rotatable bonds is 2. The molecule has 1 heterocycles. The number of likely N-dealkylation sites (N-methyl/N-ethyl adjacent to an activating group) is 1. The second-order valence-electron chi connectivity index (χ2n) is 3.34. The molecule has 2 unspecified atom stereocenters. The first-order valence-corrected chi connectivity index (χ1v) is 4.12. The lowest BCUT2D eigenvalue weighted by molar-refractivity contribution is -0.142. The first kappa shape index (κ1) is 9.48. The molecule has 0 saturated carbocycles. The van der Waals surface area contributed by atoms with Gasteiger partial charge in [0.1, 0.15) is 6.04 Å². The number of carbonyl (C=O) groups is 1. The molecule has 1 fully saturated rings. The van der Waals surface area contributed by atoms with Crippen LogP contribution in [0, 0.1) is 0 Å². The topological polar surface area (TPSA) is 41.6 Å². The first-order chi connectivity index (χ1) is 5.65. The van der Waals surface area contributed by atoms with Gasteiger partial charge in [0.15, 0.2) is 0 Å². The van der Waals surface area contributed by atoms with Gasteiger partial charge in [0, 0.05) is 12.6 Å². The van der Waals surface area contributed by atoms with Gasteiger partial charge in [0.25, 0.3) is 0 Å². The zero-order valence-electron chi connectivity index (χ0n) is 7.83. The van der Waals surface area contributed by atoms with Crippen molar-refractivity contribution in [3.05, 3.63) is 0 Å². The van der Waals surface area contributed by atoms with E-state index in [2.05, 4.69) is 15.0 Å². The highest BCUT2D eigenvalue weighted by molar-refractivity contribution is 5.76. The number of methoxy groups -OCH3 is 1. The molecule has 0 amide bonds. The van der Waals surface area contributed by atoms with Crippen molar-refractivity contribution in [2.45, 2.75) is 18.5 Å². The lowest BCUT2D eigenvalue weighted by Gasteiger charge is -2.17. The number of hydrogen-bond acceptors (Lipinski definition) is 4. The molecular formula is C8H16N2O2. The zero-order chi connectivity index (χ0) is 9.14. The van der Waals surface area contributed by atoms with Crippen LogP contribution in [0.25, 0.3) is 0 Å². The van der Waals surface area contributed by atoms with Gasteiger partial charge in [-0.25, -0.2) is 0 Å². The highest BCUT2D eigenvalue weighted by atomic mass is 16.5. The number of hydrogen-bond donors (Lipinski definition) is 1. The zero-order valence-corrected chi connectivity index (χ0v) is 7.83. The van der Waals surface area contributed by atoms with Crippen molar-refractivity contribution < 1.29 is 9.53 Å². The van der Waals surface area contributed by atoms with Crippen LogP contribution in [-0.4, -0.2) is 50.7 Å². The third-order valence-electron chi connectivity index (χ3n) is 2.32. The molecule has 0 spiro atoms. The maximum Gasteiger partial charge on any atom is 0.322 e. The van der Waals surface area contributed by atoms with Crippen LogP contribution in [0.2, 0.25) is 0 Å². The van der Waals surface area contributed by atoms with Crippen molar-refractivity contribution in [3.8, 4) is 0 Å². The van der Waals surface area contributed by atoms with Crippen molar-refractivity contribution >= 4 is 5.97 Å². The van der Waals surface area contributed by atoms with E-state index < -0.39 is 0 Å². The first-order valence-electron chi connectivity index (χ1n) is 4.12. The summed E-state index contributed by atoms with van der Waals surface area (Å²) in [6, 6.07) is 0.344. The molecule has 2 atom stereocenters. The van der Waals surface area contributed by atoms with Crippen molar-refractivity contribution in [1.29, 1.82) is 0 Å². The van der Waals surface area contributed by atoms with E-state index in [0.717, 1.165) is 13.0 Å². The third kappa shape index (κ3) is 1.95. The fraction of sp³-hybridized carbons (Fsp3) is 0.875. The number of esters is 1. The van der Waals surface area contributed by atoms with Gasteiger partial charge in [0.2, 0.25) is 0 Å². The van der Waals surface area contributed by atoms with Crippen LogP contribution in [-0.2, 0) is 9.53 Å². The van der Waals surface area contributed by atoms with Crippen LogP contribution in [0.5, 0.6) is 0 Å². The van der Waals surface area contributed by atoms with E-state index in [9.17, 15) is 4.79 Å². The lowest BCUT2D eigenvalue weighted by atomic mass is 10.1. The van der Waals surface area contributed by atoms with Gasteiger partial charge in [-0.1, -0.05) is 0 Å². The van der Waals surface area contributed by atoms with Crippen LogP contribution >= 0.6 is 0 Å². The Hall–Kier alpha value is -0.610. The summed E-state index contributed by atoms with van der Waals surface area (Å²) in [5.74, 6) is -0.153. The molecule has 4 heteroatoms. The van der Waals surface area contributed by atoms with E-state index in [4.69, 9.17) is 0 Å². The summed E-state index contributed by atoms with van der Waals surface area (Å²) in [6.07, 6.45) is 0.847. The molecule has 0 aliphatic carbocycles. The quantitative estimate of drug-likeness (QED) is 0.568. The fourth-order valence-electron chi connectivity index (χ4n) is 1.43. The van der Waals surface area contributed by atoms with Crippen molar-refractivity contribution in [1.82, 2.24) is 10.2 Å². The van der Waals surface area contributed by atoms with Gasteiger partial charge >= 0.3 is 5.97 Å².